The van der Waals surface area contributed by atoms with Gasteiger partial charge in [0.1, 0.15) is 5.75 Å². The Morgan fingerprint density at radius 2 is 1.61 bits per heavy atom. The van der Waals surface area contributed by atoms with Crippen molar-refractivity contribution in [3.8, 4) is 5.75 Å². The van der Waals surface area contributed by atoms with Crippen LogP contribution in [0.4, 0.5) is 5.69 Å². The van der Waals surface area contributed by atoms with E-state index in [-0.39, 0.29) is 21.9 Å². The van der Waals surface area contributed by atoms with Gasteiger partial charge in [0.25, 0.3) is 15.9 Å². The molecule has 0 spiro atoms. The fourth-order valence-corrected chi connectivity index (χ4v) is 4.43. The molecule has 1 amide bonds. The van der Waals surface area contributed by atoms with Crippen LogP contribution in [0, 0.1) is 0 Å². The molecule has 0 saturated heterocycles. The van der Waals surface area contributed by atoms with Crippen molar-refractivity contribution in [2.24, 2.45) is 5.10 Å². The number of rotatable bonds is 6. The number of benzene rings is 4. The van der Waals surface area contributed by atoms with Crippen molar-refractivity contribution >= 4 is 50.2 Å². The number of hydrogen-bond acceptors (Lipinski definition) is 5. The smallest absolute Gasteiger partial charge is 0.273 e. The monoisotopic (exact) mass is 479 g/mol. The second-order valence-corrected chi connectivity index (χ2v) is 9.14. The van der Waals surface area contributed by atoms with E-state index in [1.807, 2.05) is 24.3 Å². The summed E-state index contributed by atoms with van der Waals surface area (Å²) in [5, 5.41) is 16.2. The van der Waals surface area contributed by atoms with E-state index in [0.29, 0.717) is 10.6 Å². The van der Waals surface area contributed by atoms with E-state index in [0.717, 1.165) is 10.8 Å². The summed E-state index contributed by atoms with van der Waals surface area (Å²) in [7, 11) is -3.94. The van der Waals surface area contributed by atoms with Gasteiger partial charge in [0.15, 0.2) is 0 Å². The number of anilines is 1. The minimum Gasteiger partial charge on any atom is -0.507 e. The van der Waals surface area contributed by atoms with E-state index < -0.39 is 15.9 Å². The number of hydrogen-bond donors (Lipinski definition) is 3. The number of nitrogens with one attached hydrogen (secondary N) is 2. The number of sulfonamides is 1. The number of para-hydroxylation sites is 1. The quantitative estimate of drug-likeness (QED) is 0.273. The number of phenolic OH excluding ortho intramolecular Hbond substituents is 1. The van der Waals surface area contributed by atoms with Crippen molar-refractivity contribution in [3.63, 3.8) is 0 Å². The van der Waals surface area contributed by atoms with Gasteiger partial charge >= 0.3 is 0 Å². The van der Waals surface area contributed by atoms with Crippen LogP contribution >= 0.6 is 11.6 Å². The summed E-state index contributed by atoms with van der Waals surface area (Å²) in [4.78, 5) is 12.7. The number of carbonyl (C=O) groups excluding carboxylic acids is 1. The van der Waals surface area contributed by atoms with E-state index in [9.17, 15) is 18.3 Å². The Hall–Kier alpha value is -3.88. The molecule has 0 atom stereocenters. The second kappa shape index (κ2) is 9.32. The molecule has 7 nitrogen and oxygen atoms in total. The summed E-state index contributed by atoms with van der Waals surface area (Å²) in [6, 6.07) is 22.6. The van der Waals surface area contributed by atoms with Crippen LogP contribution < -0.4 is 10.1 Å². The molecule has 3 N–H and O–H groups in total. The van der Waals surface area contributed by atoms with Crippen molar-refractivity contribution in [3.05, 3.63) is 101 Å². The second-order valence-electron chi connectivity index (χ2n) is 7.02. The van der Waals surface area contributed by atoms with E-state index in [2.05, 4.69) is 15.2 Å². The van der Waals surface area contributed by atoms with Crippen LogP contribution in [0.1, 0.15) is 15.9 Å². The molecule has 4 rings (SSSR count). The van der Waals surface area contributed by atoms with Gasteiger partial charge in [-0.15, -0.1) is 0 Å². The third-order valence-corrected chi connectivity index (χ3v) is 6.48. The average molecular weight is 480 g/mol. The Kier molecular flexibility index (Phi) is 6.30. The Balaban J connectivity index is 1.56. The van der Waals surface area contributed by atoms with Gasteiger partial charge in [0.05, 0.1) is 22.4 Å². The van der Waals surface area contributed by atoms with Crippen molar-refractivity contribution in [1.82, 2.24) is 5.43 Å². The molecule has 0 aliphatic carbocycles. The number of amides is 1. The highest BCUT2D eigenvalue weighted by Gasteiger charge is 2.18. The van der Waals surface area contributed by atoms with Gasteiger partial charge in [0, 0.05) is 10.6 Å². The fourth-order valence-electron chi connectivity index (χ4n) is 3.22. The van der Waals surface area contributed by atoms with Gasteiger partial charge in [0.2, 0.25) is 0 Å². The van der Waals surface area contributed by atoms with Crippen molar-refractivity contribution < 1.29 is 18.3 Å². The molecule has 0 aliphatic rings. The number of carbonyl (C=O) groups is 1. The topological polar surface area (TPSA) is 108 Å². The molecule has 0 fully saturated rings. The lowest BCUT2D eigenvalue weighted by Gasteiger charge is -2.12. The zero-order valence-corrected chi connectivity index (χ0v) is 18.6. The molecular weight excluding hydrogens is 462 g/mol. The molecule has 4 aromatic carbocycles. The lowest BCUT2D eigenvalue weighted by Crippen LogP contribution is -2.21. The van der Waals surface area contributed by atoms with Crippen LogP contribution in [0.3, 0.4) is 0 Å². The molecule has 33 heavy (non-hydrogen) atoms. The van der Waals surface area contributed by atoms with Crippen LogP contribution in [0.15, 0.2) is 94.9 Å². The number of hydrazone groups is 1. The summed E-state index contributed by atoms with van der Waals surface area (Å²) in [6.45, 7) is 0. The lowest BCUT2D eigenvalue weighted by molar-refractivity contribution is 0.0956. The Morgan fingerprint density at radius 1 is 0.909 bits per heavy atom. The fraction of sp³-hybridized carbons (Fsp3) is 0. The van der Waals surface area contributed by atoms with E-state index in [1.54, 1.807) is 24.3 Å². The number of phenols is 1. The van der Waals surface area contributed by atoms with Gasteiger partial charge in [-0.05, 0) is 53.2 Å². The average Bonchev–Trinajstić information content (AvgIpc) is 2.81. The molecule has 0 saturated carbocycles. The summed E-state index contributed by atoms with van der Waals surface area (Å²) >= 11 is 5.83. The first-order chi connectivity index (χ1) is 15.8. The Labute approximate surface area is 195 Å². The van der Waals surface area contributed by atoms with Crippen molar-refractivity contribution in [2.45, 2.75) is 4.90 Å². The van der Waals surface area contributed by atoms with Gasteiger partial charge < -0.3 is 5.11 Å². The number of fused-ring (bicyclic) bond motifs is 1. The first-order valence-electron chi connectivity index (χ1n) is 9.77. The molecule has 0 aliphatic heterocycles. The molecule has 166 valence electrons. The Morgan fingerprint density at radius 3 is 2.39 bits per heavy atom. The molecule has 4 aromatic rings. The van der Waals surface area contributed by atoms with Crippen molar-refractivity contribution in [2.75, 3.05) is 4.72 Å². The number of halogens is 1. The van der Waals surface area contributed by atoms with Crippen molar-refractivity contribution in [1.29, 1.82) is 0 Å². The van der Waals surface area contributed by atoms with Gasteiger partial charge in [-0.2, -0.15) is 5.10 Å². The molecular formula is C24H18ClN3O4S. The molecule has 9 heteroatoms. The maximum absolute atomic E-state index is 12.7. The SMILES string of the molecule is O=C(NN=Cc1c(O)ccc2ccccc12)c1ccccc1NS(=O)(=O)c1ccc(Cl)cc1. The van der Waals surface area contributed by atoms with Gasteiger partial charge in [-0.25, -0.2) is 13.8 Å². The van der Waals surface area contributed by atoms with E-state index >= 15 is 0 Å². The minimum absolute atomic E-state index is 0.00608. The predicted octanol–water partition coefficient (Wildman–Crippen LogP) is 4.76. The largest absolute Gasteiger partial charge is 0.507 e. The first-order valence-corrected chi connectivity index (χ1v) is 11.6. The normalized spacial score (nSPS) is 11.5. The summed E-state index contributed by atoms with van der Waals surface area (Å²) in [5.74, 6) is -0.608. The van der Waals surface area contributed by atoms with Gasteiger partial charge in [-0.3, -0.25) is 9.52 Å². The van der Waals surface area contributed by atoms with Crippen LogP contribution in [0.2, 0.25) is 5.02 Å². The highest BCUT2D eigenvalue weighted by atomic mass is 35.5. The van der Waals surface area contributed by atoms with Crippen LogP contribution in [0.25, 0.3) is 10.8 Å². The van der Waals surface area contributed by atoms with E-state index in [1.165, 1.54) is 42.6 Å². The zero-order valence-electron chi connectivity index (χ0n) is 17.1. The molecule has 0 aromatic heterocycles. The number of nitrogens with zero attached hydrogens (tertiary/aromatic N) is 1. The molecule has 0 unspecified atom stereocenters. The maximum Gasteiger partial charge on any atom is 0.273 e. The van der Waals surface area contributed by atoms with Gasteiger partial charge in [-0.1, -0.05) is 54.1 Å². The zero-order chi connectivity index (χ0) is 23.4. The van der Waals surface area contributed by atoms with E-state index in [4.69, 9.17) is 11.6 Å². The highest BCUT2D eigenvalue weighted by Crippen LogP contribution is 2.25. The van der Waals surface area contributed by atoms with Crippen LogP contribution in [-0.4, -0.2) is 25.6 Å². The standard InChI is InChI=1S/C24H18ClN3O4S/c25-17-10-12-18(13-11-17)33(31,32)28-22-8-4-3-7-20(22)24(30)27-26-15-21-19-6-2-1-5-16(19)9-14-23(21)29/h1-15,28-29H,(H,27,30). The van der Waals surface area contributed by atoms with Crippen LogP contribution in [0.5, 0.6) is 5.75 Å². The molecule has 0 bridgehead atoms. The third kappa shape index (κ3) is 4.97. The highest BCUT2D eigenvalue weighted by molar-refractivity contribution is 7.92. The first kappa shape index (κ1) is 22.3. The minimum atomic E-state index is -3.94. The molecule has 0 radical (unpaired) electrons. The Bertz CT molecular complexity index is 1470. The predicted molar refractivity (Wildman–Crippen MR) is 129 cm³/mol. The summed E-state index contributed by atoms with van der Waals surface area (Å²) in [5.41, 5.74) is 3.00. The summed E-state index contributed by atoms with van der Waals surface area (Å²) < 4.78 is 27.8. The lowest BCUT2D eigenvalue weighted by atomic mass is 10.0. The third-order valence-electron chi connectivity index (χ3n) is 4.85. The summed E-state index contributed by atoms with van der Waals surface area (Å²) in [6.07, 6.45) is 1.34. The molecule has 0 heterocycles. The maximum atomic E-state index is 12.7. The number of aromatic hydroxyl groups is 1. The van der Waals surface area contributed by atoms with Crippen LogP contribution in [-0.2, 0) is 10.0 Å².